The molecule has 0 radical (unpaired) electrons. The summed E-state index contributed by atoms with van der Waals surface area (Å²) in [5.41, 5.74) is 0.773. The molecule has 0 atom stereocenters. The Balaban J connectivity index is 2.19. The molecule has 0 aromatic heterocycles. The normalized spacial score (nSPS) is 18.0. The fourth-order valence-electron chi connectivity index (χ4n) is 4.31. The Labute approximate surface area is 135 Å². The molecule has 0 heterocycles. The molecule has 21 heavy (non-hydrogen) atoms. The predicted molar refractivity (Wildman–Crippen MR) is 96.9 cm³/mol. The lowest BCUT2D eigenvalue weighted by Gasteiger charge is -2.38. The van der Waals surface area contributed by atoms with Gasteiger partial charge in [-0.2, -0.15) is 0 Å². The maximum atomic E-state index is 2.32. The predicted octanol–water partition coefficient (Wildman–Crippen LogP) is 8.05. The van der Waals surface area contributed by atoms with E-state index in [0.717, 1.165) is 5.41 Å². The maximum absolute atomic E-state index is 2.32. The minimum absolute atomic E-state index is 0.773. The molecule has 0 unspecified atom stereocenters. The van der Waals surface area contributed by atoms with Crippen molar-refractivity contribution in [2.24, 2.45) is 5.41 Å². The van der Waals surface area contributed by atoms with Gasteiger partial charge in [0.1, 0.15) is 0 Å². The first-order valence-corrected chi connectivity index (χ1v) is 10.3. The van der Waals surface area contributed by atoms with E-state index in [2.05, 4.69) is 13.8 Å². The Morgan fingerprint density at radius 3 is 1.43 bits per heavy atom. The average molecular weight is 295 g/mol. The van der Waals surface area contributed by atoms with Crippen molar-refractivity contribution in [1.82, 2.24) is 0 Å². The Bertz CT molecular complexity index is 212. The zero-order chi connectivity index (χ0) is 15.2. The highest BCUT2D eigenvalue weighted by molar-refractivity contribution is 4.82. The van der Waals surface area contributed by atoms with Crippen LogP contribution >= 0.6 is 0 Å². The smallest absolute Gasteiger partial charge is 0.0297 e. The first kappa shape index (κ1) is 19.0. The molecular weight excluding hydrogens is 252 g/mol. The van der Waals surface area contributed by atoms with Crippen molar-refractivity contribution in [1.29, 1.82) is 0 Å². The lowest BCUT2D eigenvalue weighted by atomic mass is 9.68. The molecule has 0 bridgehead atoms. The molecule has 1 rings (SSSR count). The monoisotopic (exact) mass is 294 g/mol. The molecule has 0 N–H and O–H groups in total. The number of hydrogen-bond donors (Lipinski definition) is 0. The van der Waals surface area contributed by atoms with Crippen LogP contribution in [0.3, 0.4) is 0 Å². The summed E-state index contributed by atoms with van der Waals surface area (Å²) >= 11 is 0. The van der Waals surface area contributed by atoms with Crippen LogP contribution in [0.5, 0.6) is 0 Å². The van der Waals surface area contributed by atoms with Crippen LogP contribution in [0.1, 0.15) is 129 Å². The van der Waals surface area contributed by atoms with E-state index < -0.39 is 0 Å². The highest BCUT2D eigenvalue weighted by Crippen LogP contribution is 2.44. The van der Waals surface area contributed by atoms with Crippen molar-refractivity contribution >= 4 is 0 Å². The van der Waals surface area contributed by atoms with E-state index in [-0.39, 0.29) is 0 Å². The third kappa shape index (κ3) is 8.89. The van der Waals surface area contributed by atoms with Crippen LogP contribution in [0.2, 0.25) is 0 Å². The second-order valence-corrected chi connectivity index (χ2v) is 7.74. The molecule has 1 aliphatic carbocycles. The summed E-state index contributed by atoms with van der Waals surface area (Å²) in [4.78, 5) is 0. The van der Waals surface area contributed by atoms with Gasteiger partial charge >= 0.3 is 0 Å². The van der Waals surface area contributed by atoms with E-state index in [0.29, 0.717) is 0 Å². The highest BCUT2D eigenvalue weighted by atomic mass is 14.4. The molecule has 1 fully saturated rings. The van der Waals surface area contributed by atoms with Crippen molar-refractivity contribution in [3.63, 3.8) is 0 Å². The zero-order valence-corrected chi connectivity index (χ0v) is 15.2. The van der Waals surface area contributed by atoms with Gasteiger partial charge in [0, 0.05) is 0 Å². The van der Waals surface area contributed by atoms with Crippen LogP contribution in [0.4, 0.5) is 0 Å². The summed E-state index contributed by atoms with van der Waals surface area (Å²) in [5, 5.41) is 0. The van der Waals surface area contributed by atoms with Crippen LogP contribution in [0.25, 0.3) is 0 Å². The second-order valence-electron chi connectivity index (χ2n) is 7.74. The van der Waals surface area contributed by atoms with E-state index in [4.69, 9.17) is 0 Å². The Kier molecular flexibility index (Phi) is 11.4. The molecule has 0 nitrogen and oxygen atoms in total. The zero-order valence-electron chi connectivity index (χ0n) is 15.2. The Morgan fingerprint density at radius 1 is 0.524 bits per heavy atom. The summed E-state index contributed by atoms with van der Waals surface area (Å²) in [6, 6.07) is 0. The quantitative estimate of drug-likeness (QED) is 0.301. The highest BCUT2D eigenvalue weighted by Gasteiger charge is 2.30. The lowest BCUT2D eigenvalue weighted by Crippen LogP contribution is -2.24. The first-order valence-electron chi connectivity index (χ1n) is 10.3. The van der Waals surface area contributed by atoms with Crippen molar-refractivity contribution in [3.8, 4) is 0 Å². The van der Waals surface area contributed by atoms with Gasteiger partial charge in [0.25, 0.3) is 0 Å². The SMILES string of the molecule is CCCCCCCCC1(CCCCCCC)CCCCC1. The molecule has 1 aliphatic rings. The van der Waals surface area contributed by atoms with Gasteiger partial charge in [-0.1, -0.05) is 104 Å². The van der Waals surface area contributed by atoms with Crippen LogP contribution < -0.4 is 0 Å². The standard InChI is InChI=1S/C21H42/c1-3-5-7-9-11-14-18-21(19-15-12-16-20-21)17-13-10-8-6-4-2/h3-20H2,1-2H3. The molecule has 0 aliphatic heterocycles. The van der Waals surface area contributed by atoms with Crippen LogP contribution in [0, 0.1) is 5.41 Å². The minimum Gasteiger partial charge on any atom is -0.0654 e. The van der Waals surface area contributed by atoms with Crippen LogP contribution in [0.15, 0.2) is 0 Å². The van der Waals surface area contributed by atoms with E-state index in [9.17, 15) is 0 Å². The number of rotatable bonds is 13. The van der Waals surface area contributed by atoms with Gasteiger partial charge in [0.2, 0.25) is 0 Å². The summed E-state index contributed by atoms with van der Waals surface area (Å²) in [6.07, 6.45) is 26.8. The summed E-state index contributed by atoms with van der Waals surface area (Å²) < 4.78 is 0. The van der Waals surface area contributed by atoms with Crippen LogP contribution in [-0.2, 0) is 0 Å². The molecule has 126 valence electrons. The molecule has 0 saturated heterocycles. The molecule has 0 aromatic rings. The van der Waals surface area contributed by atoms with Crippen molar-refractivity contribution < 1.29 is 0 Å². The minimum atomic E-state index is 0.773. The maximum Gasteiger partial charge on any atom is -0.0297 e. The fraction of sp³-hybridized carbons (Fsp3) is 1.00. The van der Waals surface area contributed by atoms with Gasteiger partial charge in [-0.15, -0.1) is 0 Å². The molecular formula is C21H42. The van der Waals surface area contributed by atoms with E-state index in [1.54, 1.807) is 25.7 Å². The fourth-order valence-corrected chi connectivity index (χ4v) is 4.31. The van der Waals surface area contributed by atoms with Gasteiger partial charge in [-0.25, -0.2) is 0 Å². The summed E-state index contributed by atoms with van der Waals surface area (Å²) in [6.45, 7) is 4.64. The van der Waals surface area contributed by atoms with Gasteiger partial charge < -0.3 is 0 Å². The van der Waals surface area contributed by atoms with Gasteiger partial charge in [0.05, 0.1) is 0 Å². The molecule has 1 saturated carbocycles. The van der Waals surface area contributed by atoms with Gasteiger partial charge in [-0.3, -0.25) is 0 Å². The van der Waals surface area contributed by atoms with Crippen LogP contribution in [-0.4, -0.2) is 0 Å². The van der Waals surface area contributed by atoms with E-state index in [1.807, 2.05) is 0 Å². The second kappa shape index (κ2) is 12.5. The molecule has 0 aromatic carbocycles. The third-order valence-corrected chi connectivity index (χ3v) is 5.79. The Morgan fingerprint density at radius 2 is 0.952 bits per heavy atom. The van der Waals surface area contributed by atoms with E-state index in [1.165, 1.54) is 89.9 Å². The van der Waals surface area contributed by atoms with Crippen molar-refractivity contribution in [2.45, 2.75) is 129 Å². The molecule has 0 amide bonds. The largest absolute Gasteiger partial charge is 0.0654 e. The number of unbranched alkanes of at least 4 members (excludes halogenated alkanes) is 9. The summed E-state index contributed by atoms with van der Waals surface area (Å²) in [5.74, 6) is 0. The summed E-state index contributed by atoms with van der Waals surface area (Å²) in [7, 11) is 0. The molecule has 0 spiro atoms. The third-order valence-electron chi connectivity index (χ3n) is 5.79. The van der Waals surface area contributed by atoms with E-state index >= 15 is 0 Å². The van der Waals surface area contributed by atoms with Gasteiger partial charge in [-0.05, 0) is 31.1 Å². The molecule has 0 heteroatoms. The lowest BCUT2D eigenvalue weighted by molar-refractivity contribution is 0.146. The Hall–Kier alpha value is 0. The topological polar surface area (TPSA) is 0 Å². The number of hydrogen-bond acceptors (Lipinski definition) is 0. The first-order chi connectivity index (χ1) is 10.3. The average Bonchev–Trinajstić information content (AvgIpc) is 2.52. The van der Waals surface area contributed by atoms with Crippen molar-refractivity contribution in [3.05, 3.63) is 0 Å². The van der Waals surface area contributed by atoms with Gasteiger partial charge in [0.15, 0.2) is 0 Å². The van der Waals surface area contributed by atoms with Crippen molar-refractivity contribution in [2.75, 3.05) is 0 Å².